The van der Waals surface area contributed by atoms with E-state index in [2.05, 4.69) is 15.6 Å². The Balaban J connectivity index is 2.48. The lowest BCUT2D eigenvalue weighted by atomic mass is 10.2. The Bertz CT molecular complexity index is 473. The van der Waals surface area contributed by atoms with Gasteiger partial charge in [0.15, 0.2) is 0 Å². The molecule has 1 rings (SSSR count). The lowest BCUT2D eigenvalue weighted by Gasteiger charge is -2.05. The van der Waals surface area contributed by atoms with E-state index in [1.54, 1.807) is 0 Å². The number of aromatic nitrogens is 1. The molecule has 18 heavy (non-hydrogen) atoms. The van der Waals surface area contributed by atoms with Crippen LogP contribution in [-0.4, -0.2) is 34.4 Å². The zero-order chi connectivity index (χ0) is 13.5. The molecular formula is C11H13N3O4. The van der Waals surface area contributed by atoms with E-state index in [4.69, 9.17) is 5.11 Å². The first kappa shape index (κ1) is 13.6. The van der Waals surface area contributed by atoms with E-state index in [1.165, 1.54) is 25.3 Å². The number of nitrogens with zero attached hydrogens (tertiary/aromatic N) is 1. The number of amides is 2. The summed E-state index contributed by atoms with van der Waals surface area (Å²) in [6, 6.07) is 2.74. The Morgan fingerprint density at radius 3 is 2.67 bits per heavy atom. The van der Waals surface area contributed by atoms with Crippen LogP contribution in [0, 0.1) is 0 Å². The van der Waals surface area contributed by atoms with Crippen LogP contribution in [0.2, 0.25) is 0 Å². The van der Waals surface area contributed by atoms with Gasteiger partial charge in [0.2, 0.25) is 11.8 Å². The van der Waals surface area contributed by atoms with Gasteiger partial charge in [-0.1, -0.05) is 0 Å². The fraction of sp³-hybridized carbons (Fsp3) is 0.273. The summed E-state index contributed by atoms with van der Waals surface area (Å²) in [6.07, 6.45) is 1.36. The average Bonchev–Trinajstić information content (AvgIpc) is 2.34. The Morgan fingerprint density at radius 1 is 1.33 bits per heavy atom. The highest BCUT2D eigenvalue weighted by atomic mass is 16.4. The summed E-state index contributed by atoms with van der Waals surface area (Å²) in [5.41, 5.74) is 0.544. The van der Waals surface area contributed by atoms with E-state index in [-0.39, 0.29) is 30.5 Å². The minimum atomic E-state index is -1.05. The van der Waals surface area contributed by atoms with Crippen molar-refractivity contribution in [3.63, 3.8) is 0 Å². The summed E-state index contributed by atoms with van der Waals surface area (Å²) < 4.78 is 0. The van der Waals surface area contributed by atoms with Gasteiger partial charge in [0.1, 0.15) is 0 Å². The molecule has 0 saturated heterocycles. The monoisotopic (exact) mass is 251 g/mol. The quantitative estimate of drug-likeness (QED) is 0.655. The number of carbonyl (C=O) groups is 3. The first-order chi connectivity index (χ1) is 8.49. The maximum Gasteiger partial charge on any atom is 0.335 e. The van der Waals surface area contributed by atoms with Crippen LogP contribution >= 0.6 is 0 Å². The van der Waals surface area contributed by atoms with Crippen LogP contribution in [0.15, 0.2) is 18.3 Å². The molecule has 0 bridgehead atoms. The van der Waals surface area contributed by atoms with Crippen LogP contribution in [0.25, 0.3) is 0 Å². The standard InChI is InChI=1S/C11H13N3O4/c1-7(15)13-6-10(16)14-5-9-4-8(11(17)18)2-3-12-9/h2-4H,5-6H2,1H3,(H,13,15)(H,14,16)(H,17,18). The maximum absolute atomic E-state index is 11.3. The topological polar surface area (TPSA) is 108 Å². The highest BCUT2D eigenvalue weighted by Crippen LogP contribution is 2.01. The number of hydrogen-bond acceptors (Lipinski definition) is 4. The molecule has 0 saturated carbocycles. The van der Waals surface area contributed by atoms with E-state index < -0.39 is 5.97 Å². The van der Waals surface area contributed by atoms with Crippen molar-refractivity contribution in [2.24, 2.45) is 0 Å². The van der Waals surface area contributed by atoms with E-state index in [0.29, 0.717) is 5.69 Å². The van der Waals surface area contributed by atoms with Crippen molar-refractivity contribution in [1.29, 1.82) is 0 Å². The van der Waals surface area contributed by atoms with E-state index in [9.17, 15) is 14.4 Å². The van der Waals surface area contributed by atoms with Crippen molar-refractivity contribution >= 4 is 17.8 Å². The normalized spacial score (nSPS) is 9.61. The van der Waals surface area contributed by atoms with Crippen molar-refractivity contribution in [3.8, 4) is 0 Å². The zero-order valence-corrected chi connectivity index (χ0v) is 9.77. The molecule has 0 aromatic carbocycles. The Hall–Kier alpha value is -2.44. The molecule has 0 spiro atoms. The third-order valence-corrected chi connectivity index (χ3v) is 2.03. The molecule has 3 N–H and O–H groups in total. The summed E-state index contributed by atoms with van der Waals surface area (Å²) >= 11 is 0. The molecule has 0 aliphatic rings. The molecule has 1 aromatic heterocycles. The predicted octanol–water partition coefficient (Wildman–Crippen LogP) is -0.468. The van der Waals surface area contributed by atoms with Gasteiger partial charge in [-0.15, -0.1) is 0 Å². The number of carboxylic acid groups (broad SMARTS) is 1. The maximum atomic E-state index is 11.3. The fourth-order valence-corrected chi connectivity index (χ4v) is 1.16. The van der Waals surface area contributed by atoms with Gasteiger partial charge in [0, 0.05) is 13.1 Å². The minimum absolute atomic E-state index is 0.108. The number of pyridine rings is 1. The Morgan fingerprint density at radius 2 is 2.06 bits per heavy atom. The first-order valence-corrected chi connectivity index (χ1v) is 5.18. The highest BCUT2D eigenvalue weighted by molar-refractivity contribution is 5.87. The second-order valence-electron chi connectivity index (χ2n) is 3.53. The van der Waals surface area contributed by atoms with Gasteiger partial charge >= 0.3 is 5.97 Å². The SMILES string of the molecule is CC(=O)NCC(=O)NCc1cc(C(=O)O)ccn1. The van der Waals surface area contributed by atoms with E-state index in [1.807, 2.05) is 0 Å². The van der Waals surface area contributed by atoms with Gasteiger partial charge in [0.25, 0.3) is 0 Å². The van der Waals surface area contributed by atoms with Gasteiger partial charge in [-0.25, -0.2) is 4.79 Å². The third-order valence-electron chi connectivity index (χ3n) is 2.03. The van der Waals surface area contributed by atoms with Crippen LogP contribution in [-0.2, 0) is 16.1 Å². The summed E-state index contributed by atoms with van der Waals surface area (Å²) in [7, 11) is 0. The molecular weight excluding hydrogens is 238 g/mol. The molecule has 96 valence electrons. The predicted molar refractivity (Wildman–Crippen MR) is 61.7 cm³/mol. The van der Waals surface area contributed by atoms with Crippen molar-refractivity contribution in [2.75, 3.05) is 6.54 Å². The molecule has 7 nitrogen and oxygen atoms in total. The van der Waals surface area contributed by atoms with Crippen molar-refractivity contribution in [3.05, 3.63) is 29.6 Å². The molecule has 1 heterocycles. The number of hydrogen-bond donors (Lipinski definition) is 3. The molecule has 0 atom stereocenters. The first-order valence-electron chi connectivity index (χ1n) is 5.18. The summed E-state index contributed by atoms with van der Waals surface area (Å²) in [5, 5.41) is 13.6. The van der Waals surface area contributed by atoms with E-state index in [0.717, 1.165) is 0 Å². The summed E-state index contributed by atoms with van der Waals surface area (Å²) in [5.74, 6) is -1.72. The lowest BCUT2D eigenvalue weighted by molar-refractivity contribution is -0.125. The molecule has 0 unspecified atom stereocenters. The molecule has 0 aliphatic heterocycles. The molecule has 7 heteroatoms. The Kier molecular flexibility index (Phi) is 4.79. The van der Waals surface area contributed by atoms with Crippen LogP contribution in [0.1, 0.15) is 23.0 Å². The largest absolute Gasteiger partial charge is 0.478 e. The number of carboxylic acids is 1. The van der Waals surface area contributed by atoms with Gasteiger partial charge in [-0.05, 0) is 12.1 Å². The molecule has 0 aliphatic carbocycles. The summed E-state index contributed by atoms with van der Waals surface area (Å²) in [6.45, 7) is 1.30. The van der Waals surface area contributed by atoms with Crippen molar-refractivity contribution < 1.29 is 19.5 Å². The second kappa shape index (κ2) is 6.33. The smallest absolute Gasteiger partial charge is 0.335 e. The number of rotatable bonds is 5. The highest BCUT2D eigenvalue weighted by Gasteiger charge is 2.06. The zero-order valence-electron chi connectivity index (χ0n) is 9.77. The van der Waals surface area contributed by atoms with Crippen LogP contribution in [0.3, 0.4) is 0 Å². The van der Waals surface area contributed by atoms with Crippen LogP contribution in [0.5, 0.6) is 0 Å². The van der Waals surface area contributed by atoms with Gasteiger partial charge in [0.05, 0.1) is 24.3 Å². The number of nitrogens with one attached hydrogen (secondary N) is 2. The lowest BCUT2D eigenvalue weighted by Crippen LogP contribution is -2.35. The fourth-order valence-electron chi connectivity index (χ4n) is 1.16. The van der Waals surface area contributed by atoms with Gasteiger partial charge in [-0.2, -0.15) is 0 Å². The van der Waals surface area contributed by atoms with Crippen molar-refractivity contribution in [1.82, 2.24) is 15.6 Å². The van der Waals surface area contributed by atoms with E-state index >= 15 is 0 Å². The molecule has 0 fully saturated rings. The van der Waals surface area contributed by atoms with Crippen LogP contribution in [0.4, 0.5) is 0 Å². The summed E-state index contributed by atoms with van der Waals surface area (Å²) in [4.78, 5) is 36.5. The number of aromatic carboxylic acids is 1. The van der Waals surface area contributed by atoms with Crippen molar-refractivity contribution in [2.45, 2.75) is 13.5 Å². The van der Waals surface area contributed by atoms with Gasteiger partial charge < -0.3 is 15.7 Å². The Labute approximate surface area is 103 Å². The van der Waals surface area contributed by atoms with Crippen LogP contribution < -0.4 is 10.6 Å². The minimum Gasteiger partial charge on any atom is -0.478 e. The average molecular weight is 251 g/mol. The molecule has 1 aromatic rings. The molecule has 2 amide bonds. The molecule has 0 radical (unpaired) electrons. The van der Waals surface area contributed by atoms with Gasteiger partial charge in [-0.3, -0.25) is 14.6 Å². The number of carbonyl (C=O) groups excluding carboxylic acids is 2. The third kappa shape index (κ3) is 4.60. The second-order valence-corrected chi connectivity index (χ2v) is 3.53.